The summed E-state index contributed by atoms with van der Waals surface area (Å²) in [7, 11) is 1.93. The number of hydrogen-bond acceptors (Lipinski definition) is 7. The van der Waals surface area contributed by atoms with Gasteiger partial charge in [-0.25, -0.2) is 9.37 Å². The highest BCUT2D eigenvalue weighted by molar-refractivity contribution is 6.00. The van der Waals surface area contributed by atoms with Crippen LogP contribution in [0.4, 0.5) is 21.7 Å². The molecular formula is C29H30FN7O3. The van der Waals surface area contributed by atoms with Crippen LogP contribution < -0.4 is 21.1 Å². The van der Waals surface area contributed by atoms with Crippen LogP contribution in [0.3, 0.4) is 0 Å². The first-order valence-corrected chi connectivity index (χ1v) is 13.5. The molecule has 1 aliphatic heterocycles. The monoisotopic (exact) mass is 543 g/mol. The summed E-state index contributed by atoms with van der Waals surface area (Å²) in [6.07, 6.45) is 4.43. The number of benzene rings is 1. The maximum absolute atomic E-state index is 13.5. The van der Waals surface area contributed by atoms with E-state index in [4.69, 9.17) is 4.74 Å². The third-order valence-corrected chi connectivity index (χ3v) is 8.16. The minimum absolute atomic E-state index is 0.127. The Balaban J connectivity index is 1.23. The Bertz CT molecular complexity index is 1640. The van der Waals surface area contributed by atoms with Crippen molar-refractivity contribution in [3.63, 3.8) is 0 Å². The van der Waals surface area contributed by atoms with Crippen LogP contribution >= 0.6 is 0 Å². The quantitative estimate of drug-likeness (QED) is 0.351. The van der Waals surface area contributed by atoms with Crippen molar-refractivity contribution >= 4 is 28.9 Å². The fourth-order valence-corrected chi connectivity index (χ4v) is 5.73. The maximum Gasteiger partial charge on any atom is 0.274 e. The van der Waals surface area contributed by atoms with Crippen molar-refractivity contribution in [3.05, 3.63) is 82.4 Å². The molecule has 0 bridgehead atoms. The summed E-state index contributed by atoms with van der Waals surface area (Å²) in [5.41, 5.74) is 2.15. The number of carbonyl (C=O) groups excluding carboxylic acids is 1. The van der Waals surface area contributed by atoms with Crippen LogP contribution in [0.2, 0.25) is 0 Å². The van der Waals surface area contributed by atoms with Crippen LogP contribution in [0, 0.1) is 5.41 Å². The zero-order valence-corrected chi connectivity index (χ0v) is 22.1. The number of alkyl halides is 1. The summed E-state index contributed by atoms with van der Waals surface area (Å²) in [5.74, 6) is 0.647. The lowest BCUT2D eigenvalue weighted by Crippen LogP contribution is -2.53. The third kappa shape index (κ3) is 4.40. The van der Waals surface area contributed by atoms with E-state index in [1.54, 1.807) is 15.1 Å². The molecule has 2 aliphatic carbocycles. The largest absolute Gasteiger partial charge is 0.380 e. The van der Waals surface area contributed by atoms with Gasteiger partial charge in [0.05, 0.1) is 25.5 Å². The number of hydrogen-bond donors (Lipinski definition) is 2. The molecule has 10 nitrogen and oxygen atoms in total. The second-order valence-electron chi connectivity index (χ2n) is 11.3. The van der Waals surface area contributed by atoms with Gasteiger partial charge in [-0.3, -0.25) is 9.59 Å². The number of pyridine rings is 1. The summed E-state index contributed by atoms with van der Waals surface area (Å²) >= 11 is 0. The average Bonchev–Trinajstić information content (AvgIpc) is 3.41. The molecule has 11 heteroatoms. The Labute approximate surface area is 229 Å². The molecule has 4 heterocycles. The van der Waals surface area contributed by atoms with Gasteiger partial charge in [0.25, 0.3) is 11.5 Å². The summed E-state index contributed by atoms with van der Waals surface area (Å²) in [6.45, 7) is 2.12. The smallest absolute Gasteiger partial charge is 0.274 e. The zero-order chi connectivity index (χ0) is 27.4. The van der Waals surface area contributed by atoms with E-state index in [1.807, 2.05) is 60.6 Å². The van der Waals surface area contributed by atoms with E-state index in [0.717, 1.165) is 31.6 Å². The lowest BCUT2D eigenvalue weighted by atomic mass is 9.64. The average molecular weight is 544 g/mol. The maximum atomic E-state index is 13.5. The molecule has 1 saturated heterocycles. The molecule has 1 amide bonds. The van der Waals surface area contributed by atoms with Gasteiger partial charge in [-0.15, -0.1) is 0 Å². The molecule has 2 atom stereocenters. The van der Waals surface area contributed by atoms with Crippen molar-refractivity contribution in [2.45, 2.75) is 44.1 Å². The van der Waals surface area contributed by atoms with E-state index in [1.165, 1.54) is 6.20 Å². The van der Waals surface area contributed by atoms with Crippen molar-refractivity contribution < 1.29 is 13.9 Å². The number of anilines is 3. The molecule has 206 valence electrons. The number of rotatable bonds is 8. The molecule has 3 aromatic heterocycles. The molecule has 0 unspecified atom stereocenters. The fraction of sp³-hybridized carbons (Fsp3) is 0.379. The molecule has 0 radical (unpaired) electrons. The topological polar surface area (TPSA) is 106 Å². The Kier molecular flexibility index (Phi) is 5.85. The predicted molar refractivity (Wildman–Crippen MR) is 148 cm³/mol. The van der Waals surface area contributed by atoms with Gasteiger partial charge >= 0.3 is 0 Å². The standard InChI is InChI=1S/C29H30FN7O3/c1-35(15-18-6-3-2-4-7-18)25-11-24(34-26-20(14-31-37(25)26)27(38)33-23-10-21(23)30)32-22-8-5-9-36(28(22)39)19-12-29(13-19)16-40-17-29/h2-9,11,14,19,21,23H,10,12-13,15-17H2,1H3,(H,32,34)(H,33,38)/t21-,23+/m0/s1. The fourth-order valence-electron chi connectivity index (χ4n) is 5.73. The molecule has 3 fully saturated rings. The summed E-state index contributed by atoms with van der Waals surface area (Å²) < 4.78 is 22.3. The van der Waals surface area contributed by atoms with Crippen LogP contribution in [0.15, 0.2) is 65.7 Å². The summed E-state index contributed by atoms with van der Waals surface area (Å²) in [6, 6.07) is 15.1. The second-order valence-corrected chi connectivity index (χ2v) is 11.3. The summed E-state index contributed by atoms with van der Waals surface area (Å²) in [4.78, 5) is 33.1. The first-order chi connectivity index (χ1) is 19.4. The van der Waals surface area contributed by atoms with E-state index in [9.17, 15) is 14.0 Å². The van der Waals surface area contributed by atoms with Crippen molar-refractivity contribution in [3.8, 4) is 0 Å². The number of ether oxygens (including phenoxy) is 1. The lowest BCUT2D eigenvalue weighted by Gasteiger charge is -2.53. The number of nitrogens with zero attached hydrogens (tertiary/aromatic N) is 5. The van der Waals surface area contributed by atoms with Crippen LogP contribution in [0.5, 0.6) is 0 Å². The predicted octanol–water partition coefficient (Wildman–Crippen LogP) is 3.46. The molecular weight excluding hydrogens is 513 g/mol. The molecule has 4 aromatic rings. The van der Waals surface area contributed by atoms with Gasteiger partial charge in [0.2, 0.25) is 0 Å². The first kappa shape index (κ1) is 24.8. The van der Waals surface area contributed by atoms with Crippen LogP contribution in [0.1, 0.15) is 41.2 Å². The van der Waals surface area contributed by atoms with Gasteiger partial charge in [-0.2, -0.15) is 9.61 Å². The number of amides is 1. The number of nitrogens with one attached hydrogen (secondary N) is 2. The Hall–Kier alpha value is -4.25. The van der Waals surface area contributed by atoms with E-state index >= 15 is 0 Å². The van der Waals surface area contributed by atoms with Crippen molar-refractivity contribution in [2.75, 3.05) is 30.5 Å². The van der Waals surface area contributed by atoms with Crippen LogP contribution in [-0.2, 0) is 11.3 Å². The molecule has 2 N–H and O–H groups in total. The summed E-state index contributed by atoms with van der Waals surface area (Å²) in [5, 5.41) is 10.4. The molecule has 1 aromatic carbocycles. The van der Waals surface area contributed by atoms with E-state index in [-0.39, 0.29) is 22.6 Å². The van der Waals surface area contributed by atoms with Crippen LogP contribution in [0.25, 0.3) is 5.65 Å². The molecule has 2 saturated carbocycles. The third-order valence-electron chi connectivity index (χ3n) is 8.16. The Morgan fingerprint density at radius 1 is 1.20 bits per heavy atom. The molecule has 40 heavy (non-hydrogen) atoms. The van der Waals surface area contributed by atoms with Crippen molar-refractivity contribution in [1.82, 2.24) is 24.5 Å². The lowest BCUT2D eigenvalue weighted by molar-refractivity contribution is -0.174. The first-order valence-electron chi connectivity index (χ1n) is 13.5. The van der Waals surface area contributed by atoms with Gasteiger partial charge in [-0.1, -0.05) is 30.3 Å². The number of fused-ring (bicyclic) bond motifs is 1. The van der Waals surface area contributed by atoms with Gasteiger partial charge in [0, 0.05) is 43.7 Å². The van der Waals surface area contributed by atoms with E-state index in [0.29, 0.717) is 35.9 Å². The highest BCUT2D eigenvalue weighted by Crippen LogP contribution is 2.52. The SMILES string of the molecule is CN(Cc1ccccc1)c1cc(Nc2cccn(C3CC4(COC4)C3)c2=O)nc2c(C(=O)N[C@@H]3C[C@@H]3F)cnn12. The number of aromatic nitrogens is 4. The highest BCUT2D eigenvalue weighted by atomic mass is 19.1. The van der Waals surface area contributed by atoms with E-state index in [2.05, 4.69) is 20.7 Å². The Morgan fingerprint density at radius 2 is 1.98 bits per heavy atom. The number of carbonyl (C=O) groups is 1. The normalized spacial score (nSPS) is 21.1. The highest BCUT2D eigenvalue weighted by Gasteiger charge is 2.50. The number of halogens is 1. The van der Waals surface area contributed by atoms with Crippen molar-refractivity contribution in [2.24, 2.45) is 5.41 Å². The molecule has 3 aliphatic rings. The second kappa shape index (κ2) is 9.44. The zero-order valence-electron chi connectivity index (χ0n) is 22.1. The van der Waals surface area contributed by atoms with Gasteiger partial charge in [0.15, 0.2) is 5.65 Å². The van der Waals surface area contributed by atoms with Crippen LogP contribution in [-0.4, -0.2) is 57.5 Å². The van der Waals surface area contributed by atoms with Gasteiger partial charge in [-0.05, 0) is 30.5 Å². The Morgan fingerprint density at radius 3 is 2.67 bits per heavy atom. The van der Waals surface area contributed by atoms with E-state index < -0.39 is 18.1 Å². The minimum Gasteiger partial charge on any atom is -0.380 e. The minimum atomic E-state index is -1.02. The molecule has 7 rings (SSSR count). The van der Waals surface area contributed by atoms with Gasteiger partial charge < -0.3 is 24.8 Å². The van der Waals surface area contributed by atoms with Crippen molar-refractivity contribution in [1.29, 1.82) is 0 Å². The molecule has 1 spiro atoms. The van der Waals surface area contributed by atoms with Gasteiger partial charge in [0.1, 0.15) is 29.1 Å².